The van der Waals surface area contributed by atoms with E-state index >= 15 is 0 Å². The van der Waals surface area contributed by atoms with E-state index in [2.05, 4.69) is 5.10 Å². The molecule has 2 N–H and O–H groups in total. The number of hydrogen-bond donors (Lipinski definition) is 1. The van der Waals surface area contributed by atoms with Gasteiger partial charge in [0.1, 0.15) is 23.4 Å². The molecule has 0 aliphatic rings. The van der Waals surface area contributed by atoms with E-state index in [9.17, 15) is 14.9 Å². The molecule has 0 saturated heterocycles. The van der Waals surface area contributed by atoms with E-state index in [0.29, 0.717) is 16.8 Å². The number of amides is 1. The second-order valence-electron chi connectivity index (χ2n) is 5.77. The second-order valence-corrected chi connectivity index (χ2v) is 5.77. The third-order valence-corrected chi connectivity index (χ3v) is 4.12. The number of carbonyl (C=O) groups excluding carboxylic acids is 1. The fourth-order valence-electron chi connectivity index (χ4n) is 2.71. The van der Waals surface area contributed by atoms with Gasteiger partial charge in [0.25, 0.3) is 5.56 Å². The summed E-state index contributed by atoms with van der Waals surface area (Å²) in [5, 5.41) is 14.1. The Morgan fingerprint density at radius 3 is 2.12 bits per heavy atom. The van der Waals surface area contributed by atoms with E-state index < -0.39 is 17.5 Å². The van der Waals surface area contributed by atoms with Gasteiger partial charge in [0, 0.05) is 11.1 Å². The van der Waals surface area contributed by atoms with Gasteiger partial charge < -0.3 is 5.73 Å². The standard InChI is InChI=1S/C20H16N4O2/c1-13(19(22)25)24-20(26)16(12-21)17(14-8-4-2-5-9-14)18(23-24)15-10-6-3-7-11-15/h2-11,13H,1H3,(H2,22,25). The van der Waals surface area contributed by atoms with Crippen LogP contribution in [0.25, 0.3) is 22.4 Å². The van der Waals surface area contributed by atoms with Crippen LogP contribution in [0.3, 0.4) is 0 Å². The highest BCUT2D eigenvalue weighted by molar-refractivity contribution is 5.84. The molecule has 3 rings (SSSR count). The summed E-state index contributed by atoms with van der Waals surface area (Å²) in [7, 11) is 0. The van der Waals surface area contributed by atoms with Gasteiger partial charge in [-0.25, -0.2) is 4.68 Å². The lowest BCUT2D eigenvalue weighted by atomic mass is 9.96. The number of carbonyl (C=O) groups is 1. The smallest absolute Gasteiger partial charge is 0.286 e. The first-order chi connectivity index (χ1) is 12.5. The SMILES string of the molecule is CC(C(N)=O)n1nc(-c2ccccc2)c(-c2ccccc2)c(C#N)c1=O. The van der Waals surface area contributed by atoms with Crippen molar-refractivity contribution >= 4 is 5.91 Å². The molecule has 0 bridgehead atoms. The van der Waals surface area contributed by atoms with Crippen molar-refractivity contribution in [3.8, 4) is 28.5 Å². The molecule has 0 saturated carbocycles. The highest BCUT2D eigenvalue weighted by atomic mass is 16.2. The normalized spacial score (nSPS) is 11.5. The Hall–Kier alpha value is -3.72. The Morgan fingerprint density at radius 1 is 1.08 bits per heavy atom. The molecule has 0 aliphatic carbocycles. The van der Waals surface area contributed by atoms with Crippen LogP contribution in [-0.4, -0.2) is 15.7 Å². The third-order valence-electron chi connectivity index (χ3n) is 4.12. The van der Waals surface area contributed by atoms with E-state index in [0.717, 1.165) is 10.2 Å². The van der Waals surface area contributed by atoms with Crippen LogP contribution in [0.5, 0.6) is 0 Å². The Morgan fingerprint density at radius 2 is 1.62 bits per heavy atom. The van der Waals surface area contributed by atoms with Crippen LogP contribution in [0.2, 0.25) is 0 Å². The highest BCUT2D eigenvalue weighted by Gasteiger charge is 2.23. The molecule has 26 heavy (non-hydrogen) atoms. The number of benzene rings is 2. The van der Waals surface area contributed by atoms with Gasteiger partial charge in [-0.2, -0.15) is 10.4 Å². The van der Waals surface area contributed by atoms with Crippen molar-refractivity contribution in [1.82, 2.24) is 9.78 Å². The summed E-state index contributed by atoms with van der Waals surface area (Å²) >= 11 is 0. The molecule has 0 spiro atoms. The van der Waals surface area contributed by atoms with Crippen molar-refractivity contribution in [3.63, 3.8) is 0 Å². The molecule has 1 unspecified atom stereocenters. The van der Waals surface area contributed by atoms with Gasteiger partial charge in [-0.15, -0.1) is 0 Å². The maximum absolute atomic E-state index is 12.8. The van der Waals surface area contributed by atoms with Gasteiger partial charge >= 0.3 is 0 Å². The zero-order valence-corrected chi connectivity index (χ0v) is 14.1. The van der Waals surface area contributed by atoms with Crippen LogP contribution >= 0.6 is 0 Å². The Kier molecular flexibility index (Phi) is 4.63. The highest BCUT2D eigenvalue weighted by Crippen LogP contribution is 2.31. The number of nitrogens with two attached hydrogens (primary N) is 1. The van der Waals surface area contributed by atoms with Crippen LogP contribution in [0.4, 0.5) is 0 Å². The third kappa shape index (κ3) is 2.98. The largest absolute Gasteiger partial charge is 0.368 e. The minimum atomic E-state index is -0.970. The summed E-state index contributed by atoms with van der Waals surface area (Å²) in [6.45, 7) is 1.48. The number of nitrogens with zero attached hydrogens (tertiary/aromatic N) is 3. The molecule has 1 aromatic heterocycles. The van der Waals surface area contributed by atoms with Crippen molar-refractivity contribution in [2.24, 2.45) is 5.73 Å². The lowest BCUT2D eigenvalue weighted by Crippen LogP contribution is -2.35. The van der Waals surface area contributed by atoms with Gasteiger partial charge in [0.15, 0.2) is 0 Å². The van der Waals surface area contributed by atoms with Crippen molar-refractivity contribution in [3.05, 3.63) is 76.6 Å². The van der Waals surface area contributed by atoms with Crippen LogP contribution in [0, 0.1) is 11.3 Å². The summed E-state index contributed by atoms with van der Waals surface area (Å²) in [5.41, 5.74) is 6.95. The molecule has 0 aliphatic heterocycles. The fourth-order valence-corrected chi connectivity index (χ4v) is 2.71. The van der Waals surface area contributed by atoms with Crippen molar-refractivity contribution in [2.75, 3.05) is 0 Å². The number of rotatable bonds is 4. The summed E-state index contributed by atoms with van der Waals surface area (Å²) < 4.78 is 0.982. The van der Waals surface area contributed by atoms with Gasteiger partial charge in [-0.05, 0) is 12.5 Å². The molecular weight excluding hydrogens is 328 g/mol. The number of nitriles is 1. The van der Waals surface area contributed by atoms with Gasteiger partial charge in [0.05, 0.1) is 0 Å². The predicted octanol–water partition coefficient (Wildman–Crippen LogP) is 2.50. The summed E-state index contributed by atoms with van der Waals surface area (Å²) in [6.07, 6.45) is 0. The summed E-state index contributed by atoms with van der Waals surface area (Å²) in [4.78, 5) is 24.4. The summed E-state index contributed by atoms with van der Waals surface area (Å²) in [5.74, 6) is -0.699. The molecule has 0 fully saturated rings. The van der Waals surface area contributed by atoms with E-state index in [-0.39, 0.29) is 5.56 Å². The average Bonchev–Trinajstić information content (AvgIpc) is 2.68. The maximum atomic E-state index is 12.8. The number of hydrogen-bond acceptors (Lipinski definition) is 4. The lowest BCUT2D eigenvalue weighted by Gasteiger charge is -2.17. The van der Waals surface area contributed by atoms with Crippen molar-refractivity contribution in [1.29, 1.82) is 5.26 Å². The van der Waals surface area contributed by atoms with E-state index in [1.54, 1.807) is 0 Å². The van der Waals surface area contributed by atoms with E-state index in [4.69, 9.17) is 5.73 Å². The first kappa shape index (κ1) is 17.1. The molecule has 2 aromatic carbocycles. The lowest BCUT2D eigenvalue weighted by molar-refractivity contribution is -0.121. The Labute approximate surface area is 150 Å². The molecule has 3 aromatic rings. The van der Waals surface area contributed by atoms with Crippen LogP contribution in [-0.2, 0) is 4.79 Å². The average molecular weight is 344 g/mol. The monoisotopic (exact) mass is 344 g/mol. The molecular formula is C20H16N4O2. The van der Waals surface area contributed by atoms with Gasteiger partial charge in [-0.1, -0.05) is 60.7 Å². The second kappa shape index (κ2) is 7.03. The van der Waals surface area contributed by atoms with Crippen LogP contribution in [0.15, 0.2) is 65.5 Å². The number of aromatic nitrogens is 2. The van der Waals surface area contributed by atoms with Crippen molar-refractivity contribution in [2.45, 2.75) is 13.0 Å². The van der Waals surface area contributed by atoms with Crippen molar-refractivity contribution < 1.29 is 4.79 Å². The summed E-state index contributed by atoms with van der Waals surface area (Å²) in [6, 6.07) is 19.3. The molecule has 6 heteroatoms. The van der Waals surface area contributed by atoms with E-state index in [1.165, 1.54) is 6.92 Å². The van der Waals surface area contributed by atoms with Gasteiger partial charge in [-0.3, -0.25) is 9.59 Å². The molecule has 1 atom stereocenters. The van der Waals surface area contributed by atoms with Crippen LogP contribution in [0.1, 0.15) is 18.5 Å². The van der Waals surface area contributed by atoms with Crippen LogP contribution < -0.4 is 11.3 Å². The Bertz CT molecular complexity index is 1050. The Balaban J connectivity index is 2.43. The minimum absolute atomic E-state index is 0.0712. The zero-order valence-electron chi connectivity index (χ0n) is 14.1. The van der Waals surface area contributed by atoms with Gasteiger partial charge in [0.2, 0.25) is 5.91 Å². The van der Waals surface area contributed by atoms with E-state index in [1.807, 2.05) is 66.7 Å². The quantitative estimate of drug-likeness (QED) is 0.785. The first-order valence-electron chi connectivity index (χ1n) is 8.01. The maximum Gasteiger partial charge on any atom is 0.286 e. The molecule has 1 heterocycles. The predicted molar refractivity (Wildman–Crippen MR) is 98.0 cm³/mol. The topological polar surface area (TPSA) is 102 Å². The number of primary amides is 1. The fraction of sp³-hybridized carbons (Fsp3) is 0.100. The zero-order chi connectivity index (χ0) is 18.7. The molecule has 1 amide bonds. The minimum Gasteiger partial charge on any atom is -0.368 e. The molecule has 0 radical (unpaired) electrons. The molecule has 6 nitrogen and oxygen atoms in total. The first-order valence-corrected chi connectivity index (χ1v) is 8.01. The molecule has 128 valence electrons.